The first kappa shape index (κ1) is 7.58. The third-order valence-electron chi connectivity index (χ3n) is 2.75. The van der Waals surface area contributed by atoms with E-state index < -0.39 is 6.17 Å². The molecule has 0 radical (unpaired) electrons. The molecule has 1 aromatic heterocycles. The minimum Gasteiger partial charge on any atom is -0.382 e. The van der Waals surface area contributed by atoms with Crippen LogP contribution in [-0.2, 0) is 5.41 Å². The van der Waals surface area contributed by atoms with Gasteiger partial charge in [0.05, 0.1) is 0 Å². The lowest BCUT2D eigenvalue weighted by Crippen LogP contribution is -2.07. The minimum absolute atomic E-state index is 0.352. The molecule has 2 unspecified atom stereocenters. The van der Waals surface area contributed by atoms with Crippen molar-refractivity contribution in [1.82, 2.24) is 10.2 Å². The van der Waals surface area contributed by atoms with E-state index in [4.69, 9.17) is 5.73 Å². The van der Waals surface area contributed by atoms with Crippen LogP contribution in [0.25, 0.3) is 0 Å². The van der Waals surface area contributed by atoms with Gasteiger partial charge in [0.1, 0.15) is 12.0 Å². The molecule has 3 nitrogen and oxygen atoms in total. The second kappa shape index (κ2) is 2.00. The van der Waals surface area contributed by atoms with Crippen LogP contribution >= 0.6 is 0 Å². The number of aromatic nitrogens is 2. The van der Waals surface area contributed by atoms with Gasteiger partial charge in [0.15, 0.2) is 0 Å². The van der Waals surface area contributed by atoms with Crippen molar-refractivity contribution in [2.45, 2.75) is 31.9 Å². The highest BCUT2D eigenvalue weighted by Gasteiger charge is 2.54. The Morgan fingerprint density at radius 1 is 1.75 bits per heavy atom. The Kier molecular flexibility index (Phi) is 1.26. The van der Waals surface area contributed by atoms with Gasteiger partial charge in [-0.25, -0.2) is 4.39 Å². The summed E-state index contributed by atoms with van der Waals surface area (Å²) in [4.78, 5) is 0. The number of H-pyrrole nitrogens is 1. The fraction of sp³-hybridized carbons (Fsp3) is 0.625. The summed E-state index contributed by atoms with van der Waals surface area (Å²) in [5.41, 5.74) is 6.93. The number of anilines is 1. The number of alkyl halides is 1. The monoisotopic (exact) mass is 169 g/mol. The Hall–Kier alpha value is -1.06. The molecule has 1 fully saturated rings. The van der Waals surface area contributed by atoms with Crippen LogP contribution in [0.1, 0.15) is 24.6 Å². The zero-order chi connectivity index (χ0) is 8.93. The fourth-order valence-corrected chi connectivity index (χ4v) is 1.54. The van der Waals surface area contributed by atoms with Crippen LogP contribution in [0.2, 0.25) is 0 Å². The molecule has 1 heterocycles. The molecule has 1 aromatic rings. The Morgan fingerprint density at radius 3 is 2.67 bits per heavy atom. The lowest BCUT2D eigenvalue weighted by molar-refractivity contribution is 0.428. The van der Waals surface area contributed by atoms with E-state index in [9.17, 15) is 4.39 Å². The van der Waals surface area contributed by atoms with Crippen molar-refractivity contribution in [3.05, 3.63) is 11.3 Å². The average Bonchev–Trinajstić information content (AvgIpc) is 2.44. The highest BCUT2D eigenvalue weighted by molar-refractivity contribution is 5.46. The summed E-state index contributed by atoms with van der Waals surface area (Å²) in [6.45, 7) is 3.75. The molecule has 2 atom stereocenters. The van der Waals surface area contributed by atoms with Gasteiger partial charge in [0.25, 0.3) is 0 Å². The van der Waals surface area contributed by atoms with Gasteiger partial charge in [0, 0.05) is 16.7 Å². The molecule has 0 aliphatic heterocycles. The Labute approximate surface area is 70.2 Å². The Bertz CT molecular complexity index is 320. The molecule has 2 rings (SSSR count). The van der Waals surface area contributed by atoms with Gasteiger partial charge in [-0.15, -0.1) is 0 Å². The molecule has 3 N–H and O–H groups in total. The van der Waals surface area contributed by atoms with Crippen LogP contribution < -0.4 is 5.73 Å². The SMILES string of the molecule is Cc1c(N)n[nH]c1C1(C)CC1F. The first-order valence-corrected chi connectivity index (χ1v) is 4.00. The summed E-state index contributed by atoms with van der Waals surface area (Å²) in [7, 11) is 0. The number of nitrogens with one attached hydrogen (secondary N) is 1. The summed E-state index contributed by atoms with van der Waals surface area (Å²) in [6, 6.07) is 0. The number of nitrogen functional groups attached to an aromatic ring is 1. The van der Waals surface area contributed by atoms with Gasteiger partial charge in [-0.1, -0.05) is 6.92 Å². The molecule has 0 aromatic carbocycles. The van der Waals surface area contributed by atoms with E-state index in [0.29, 0.717) is 12.2 Å². The fourth-order valence-electron chi connectivity index (χ4n) is 1.54. The van der Waals surface area contributed by atoms with Crippen molar-refractivity contribution in [2.75, 3.05) is 5.73 Å². The van der Waals surface area contributed by atoms with Crippen molar-refractivity contribution in [3.8, 4) is 0 Å². The van der Waals surface area contributed by atoms with E-state index in [1.165, 1.54) is 0 Å². The van der Waals surface area contributed by atoms with Crippen LogP contribution in [0.3, 0.4) is 0 Å². The third kappa shape index (κ3) is 0.777. The number of halogens is 1. The molecule has 0 amide bonds. The summed E-state index contributed by atoms with van der Waals surface area (Å²) in [6.07, 6.45) is -0.161. The quantitative estimate of drug-likeness (QED) is 0.665. The normalized spacial score (nSPS) is 33.8. The summed E-state index contributed by atoms with van der Waals surface area (Å²) in [5.74, 6) is 0.477. The highest BCUT2D eigenvalue weighted by Crippen LogP contribution is 2.50. The minimum atomic E-state index is -0.740. The predicted octanol–water partition coefficient (Wildman–Crippen LogP) is 1.30. The maximum atomic E-state index is 12.9. The highest BCUT2D eigenvalue weighted by atomic mass is 19.1. The van der Waals surface area contributed by atoms with Crippen LogP contribution in [-0.4, -0.2) is 16.4 Å². The van der Waals surface area contributed by atoms with Crippen molar-refractivity contribution in [3.63, 3.8) is 0 Å². The van der Waals surface area contributed by atoms with E-state index in [1.54, 1.807) is 0 Å². The van der Waals surface area contributed by atoms with Gasteiger partial charge in [-0.2, -0.15) is 5.10 Å². The summed E-state index contributed by atoms with van der Waals surface area (Å²) < 4.78 is 12.9. The summed E-state index contributed by atoms with van der Waals surface area (Å²) >= 11 is 0. The number of rotatable bonds is 1. The van der Waals surface area contributed by atoms with E-state index >= 15 is 0 Å². The molecule has 0 bridgehead atoms. The van der Waals surface area contributed by atoms with Crippen LogP contribution in [0.4, 0.5) is 10.2 Å². The van der Waals surface area contributed by atoms with Crippen molar-refractivity contribution in [1.29, 1.82) is 0 Å². The standard InChI is InChI=1S/C8H12FN3/c1-4-6(11-12-7(4)10)8(2)3-5(8)9/h5H,3H2,1-2H3,(H3,10,11,12). The number of nitrogens with zero attached hydrogens (tertiary/aromatic N) is 1. The molecular formula is C8H12FN3. The van der Waals surface area contributed by atoms with Gasteiger partial charge in [0.2, 0.25) is 0 Å². The Balaban J connectivity index is 2.42. The van der Waals surface area contributed by atoms with E-state index in [0.717, 1.165) is 11.3 Å². The lowest BCUT2D eigenvalue weighted by Gasteiger charge is -2.05. The molecular weight excluding hydrogens is 157 g/mol. The average molecular weight is 169 g/mol. The smallest absolute Gasteiger partial charge is 0.148 e. The topological polar surface area (TPSA) is 54.7 Å². The van der Waals surface area contributed by atoms with E-state index in [-0.39, 0.29) is 5.41 Å². The van der Waals surface area contributed by atoms with Crippen LogP contribution in [0.15, 0.2) is 0 Å². The molecule has 4 heteroatoms. The van der Waals surface area contributed by atoms with Crippen molar-refractivity contribution >= 4 is 5.82 Å². The molecule has 1 saturated carbocycles. The summed E-state index contributed by atoms with van der Waals surface area (Å²) in [5, 5.41) is 6.63. The Morgan fingerprint density at radius 2 is 2.33 bits per heavy atom. The zero-order valence-corrected chi connectivity index (χ0v) is 7.19. The third-order valence-corrected chi connectivity index (χ3v) is 2.75. The molecule has 0 spiro atoms. The second-order valence-electron chi connectivity index (χ2n) is 3.70. The number of nitrogens with two attached hydrogens (primary N) is 1. The molecule has 1 aliphatic rings. The number of aromatic amines is 1. The molecule has 12 heavy (non-hydrogen) atoms. The lowest BCUT2D eigenvalue weighted by atomic mass is 10.0. The van der Waals surface area contributed by atoms with Crippen molar-refractivity contribution < 1.29 is 4.39 Å². The van der Waals surface area contributed by atoms with Crippen molar-refractivity contribution in [2.24, 2.45) is 0 Å². The van der Waals surface area contributed by atoms with Crippen LogP contribution in [0.5, 0.6) is 0 Å². The van der Waals surface area contributed by atoms with E-state index in [1.807, 2.05) is 13.8 Å². The molecule has 66 valence electrons. The van der Waals surface area contributed by atoms with Gasteiger partial charge < -0.3 is 5.73 Å². The predicted molar refractivity (Wildman–Crippen MR) is 44.6 cm³/mol. The molecule has 1 aliphatic carbocycles. The maximum absolute atomic E-state index is 12.9. The largest absolute Gasteiger partial charge is 0.382 e. The van der Waals surface area contributed by atoms with Gasteiger partial charge in [-0.05, 0) is 13.3 Å². The van der Waals surface area contributed by atoms with Gasteiger partial charge in [-0.3, -0.25) is 5.10 Å². The number of hydrogen-bond acceptors (Lipinski definition) is 2. The number of hydrogen-bond donors (Lipinski definition) is 2. The van der Waals surface area contributed by atoms with Crippen LogP contribution in [0, 0.1) is 6.92 Å². The zero-order valence-electron chi connectivity index (χ0n) is 7.19. The second-order valence-corrected chi connectivity index (χ2v) is 3.70. The maximum Gasteiger partial charge on any atom is 0.148 e. The first-order chi connectivity index (χ1) is 5.55. The molecule has 0 saturated heterocycles. The van der Waals surface area contributed by atoms with E-state index in [2.05, 4.69) is 10.2 Å². The first-order valence-electron chi connectivity index (χ1n) is 4.00. The van der Waals surface area contributed by atoms with Gasteiger partial charge >= 0.3 is 0 Å².